The van der Waals surface area contributed by atoms with E-state index in [1.54, 1.807) is 13.2 Å². The van der Waals surface area contributed by atoms with Gasteiger partial charge in [-0.15, -0.1) is 0 Å². The van der Waals surface area contributed by atoms with Crippen LogP contribution in [0.4, 0.5) is 4.79 Å². The van der Waals surface area contributed by atoms with Gasteiger partial charge in [0.1, 0.15) is 5.54 Å². The van der Waals surface area contributed by atoms with Crippen LogP contribution in [0.2, 0.25) is 0 Å². The van der Waals surface area contributed by atoms with Gasteiger partial charge in [0.25, 0.3) is 5.91 Å². The molecule has 0 aromatic heterocycles. The largest absolute Gasteiger partial charge is 0.493 e. The number of carboxylic acid groups (broad SMARTS) is 1. The number of nitrogens with one attached hydrogen (secondary N) is 2. The second-order valence-electron chi connectivity index (χ2n) is 6.36. The maximum absolute atomic E-state index is 12.4. The molecule has 1 aromatic carbocycles. The average molecular weight is 348 g/mol. The van der Waals surface area contributed by atoms with E-state index in [1.165, 1.54) is 7.11 Å². The van der Waals surface area contributed by atoms with Gasteiger partial charge < -0.3 is 19.9 Å². The summed E-state index contributed by atoms with van der Waals surface area (Å²) in [5.41, 5.74) is -0.272. The van der Waals surface area contributed by atoms with E-state index in [1.807, 2.05) is 12.1 Å². The van der Waals surface area contributed by atoms with Crippen LogP contribution in [-0.4, -0.2) is 42.8 Å². The number of aliphatic carboxylic acids is 1. The summed E-state index contributed by atoms with van der Waals surface area (Å²) in [5, 5.41) is 14.1. The molecule has 3 amide bonds. The third kappa shape index (κ3) is 2.99. The van der Waals surface area contributed by atoms with Gasteiger partial charge in [-0.1, -0.05) is 6.07 Å². The van der Waals surface area contributed by atoms with Crippen LogP contribution in [0.5, 0.6) is 11.5 Å². The van der Waals surface area contributed by atoms with Crippen molar-refractivity contribution in [3.05, 3.63) is 23.8 Å². The molecule has 25 heavy (non-hydrogen) atoms. The molecule has 1 aliphatic heterocycles. The maximum atomic E-state index is 12.4. The lowest BCUT2D eigenvalue weighted by Gasteiger charge is -2.26. The molecule has 1 aromatic rings. The number of carboxylic acids is 1. The van der Waals surface area contributed by atoms with Crippen molar-refractivity contribution in [2.24, 2.45) is 11.8 Å². The van der Waals surface area contributed by atoms with E-state index in [4.69, 9.17) is 9.47 Å². The zero-order valence-corrected chi connectivity index (χ0v) is 14.0. The summed E-state index contributed by atoms with van der Waals surface area (Å²) in [6.45, 7) is 0. The molecule has 3 rings (SSSR count). The van der Waals surface area contributed by atoms with Crippen molar-refractivity contribution in [3.63, 3.8) is 0 Å². The molecule has 134 valence electrons. The smallest absolute Gasteiger partial charge is 0.322 e. The normalized spacial score (nSPS) is 27.4. The predicted molar refractivity (Wildman–Crippen MR) is 86.5 cm³/mol. The van der Waals surface area contributed by atoms with E-state index in [-0.39, 0.29) is 0 Å². The van der Waals surface area contributed by atoms with Crippen LogP contribution >= 0.6 is 0 Å². The van der Waals surface area contributed by atoms with Gasteiger partial charge in [-0.25, -0.2) is 4.79 Å². The van der Waals surface area contributed by atoms with Gasteiger partial charge in [0.2, 0.25) is 0 Å². The molecule has 1 saturated heterocycles. The summed E-state index contributed by atoms with van der Waals surface area (Å²) in [4.78, 5) is 35.2. The molecule has 0 radical (unpaired) electrons. The molecule has 0 spiro atoms. The van der Waals surface area contributed by atoms with Crippen LogP contribution in [0.25, 0.3) is 0 Å². The number of rotatable bonds is 7. The van der Waals surface area contributed by atoms with Crippen LogP contribution in [0, 0.1) is 11.8 Å². The Bertz CT molecular complexity index is 734. The van der Waals surface area contributed by atoms with Crippen LogP contribution in [0.1, 0.15) is 18.4 Å². The highest BCUT2D eigenvalue weighted by molar-refractivity contribution is 6.07. The van der Waals surface area contributed by atoms with Gasteiger partial charge >= 0.3 is 12.0 Å². The number of methoxy groups -OCH3 is 2. The molecular weight excluding hydrogens is 328 g/mol. The van der Waals surface area contributed by atoms with Crippen molar-refractivity contribution in [1.82, 2.24) is 10.6 Å². The first-order chi connectivity index (χ1) is 11.9. The molecule has 2 fully saturated rings. The fraction of sp³-hybridized carbons (Fsp3) is 0.471. The lowest BCUT2D eigenvalue weighted by Crippen LogP contribution is -2.50. The van der Waals surface area contributed by atoms with Crippen molar-refractivity contribution in [3.8, 4) is 11.5 Å². The number of hydrogen-bond donors (Lipinski definition) is 3. The molecule has 8 heteroatoms. The SMILES string of the molecule is COc1ccc(CCC2([C@H]3C[C@@H]3C(=O)O)NC(=O)NC2=O)cc1OC. The van der Waals surface area contributed by atoms with Gasteiger partial charge in [0.05, 0.1) is 20.1 Å². The van der Waals surface area contributed by atoms with Crippen LogP contribution in [-0.2, 0) is 16.0 Å². The van der Waals surface area contributed by atoms with Crippen molar-refractivity contribution in [2.75, 3.05) is 14.2 Å². The zero-order chi connectivity index (χ0) is 18.2. The van der Waals surface area contributed by atoms with Gasteiger partial charge in [-0.05, 0) is 37.0 Å². The fourth-order valence-corrected chi connectivity index (χ4v) is 3.52. The lowest BCUT2D eigenvalue weighted by atomic mass is 9.85. The molecule has 1 heterocycles. The van der Waals surface area contributed by atoms with Crippen molar-refractivity contribution >= 4 is 17.9 Å². The Morgan fingerprint density at radius 1 is 1.28 bits per heavy atom. The predicted octanol–water partition coefficient (Wildman–Crippen LogP) is 0.935. The van der Waals surface area contributed by atoms with Gasteiger partial charge in [-0.3, -0.25) is 14.9 Å². The van der Waals surface area contributed by atoms with Crippen LogP contribution in [0.3, 0.4) is 0 Å². The summed E-state index contributed by atoms with van der Waals surface area (Å²) in [7, 11) is 3.08. The number of carbonyl (C=O) groups is 3. The second kappa shape index (κ2) is 6.27. The Hall–Kier alpha value is -2.77. The molecule has 0 bridgehead atoms. The third-order valence-electron chi connectivity index (χ3n) is 4.97. The summed E-state index contributed by atoms with van der Waals surface area (Å²) >= 11 is 0. The number of benzene rings is 1. The topological polar surface area (TPSA) is 114 Å². The van der Waals surface area contributed by atoms with E-state index < -0.39 is 35.3 Å². The molecule has 1 saturated carbocycles. The number of hydrogen-bond acceptors (Lipinski definition) is 5. The number of ether oxygens (including phenoxy) is 2. The lowest BCUT2D eigenvalue weighted by molar-refractivity contribution is -0.139. The van der Waals surface area contributed by atoms with E-state index in [0.717, 1.165) is 5.56 Å². The highest BCUT2D eigenvalue weighted by Gasteiger charge is 2.62. The number of urea groups is 1. The Kier molecular flexibility index (Phi) is 4.28. The highest BCUT2D eigenvalue weighted by Crippen LogP contribution is 2.49. The summed E-state index contributed by atoms with van der Waals surface area (Å²) in [6, 6.07) is 4.85. The average Bonchev–Trinajstić information content (AvgIpc) is 3.34. The van der Waals surface area contributed by atoms with Crippen LogP contribution < -0.4 is 20.1 Å². The third-order valence-corrected chi connectivity index (χ3v) is 4.97. The first-order valence-electron chi connectivity index (χ1n) is 7.98. The Morgan fingerprint density at radius 2 is 2.00 bits per heavy atom. The van der Waals surface area contributed by atoms with E-state index in [0.29, 0.717) is 30.8 Å². The van der Waals surface area contributed by atoms with Gasteiger partial charge in [0.15, 0.2) is 11.5 Å². The minimum absolute atomic E-state index is 0.314. The van der Waals surface area contributed by atoms with Crippen molar-refractivity contribution in [1.29, 1.82) is 0 Å². The van der Waals surface area contributed by atoms with Crippen LogP contribution in [0.15, 0.2) is 18.2 Å². The number of amides is 3. The molecule has 3 N–H and O–H groups in total. The number of aryl methyl sites for hydroxylation is 1. The highest BCUT2D eigenvalue weighted by atomic mass is 16.5. The zero-order valence-electron chi connectivity index (χ0n) is 14.0. The van der Waals surface area contributed by atoms with E-state index >= 15 is 0 Å². The first kappa shape index (κ1) is 17.1. The second-order valence-corrected chi connectivity index (χ2v) is 6.36. The van der Waals surface area contributed by atoms with Gasteiger partial charge in [0, 0.05) is 5.92 Å². The molecular formula is C17H20N2O6. The number of imide groups is 1. The van der Waals surface area contributed by atoms with Crippen molar-refractivity contribution < 1.29 is 29.0 Å². The minimum Gasteiger partial charge on any atom is -0.493 e. The monoisotopic (exact) mass is 348 g/mol. The van der Waals surface area contributed by atoms with Gasteiger partial charge in [-0.2, -0.15) is 0 Å². The molecule has 3 atom stereocenters. The summed E-state index contributed by atoms with van der Waals surface area (Å²) < 4.78 is 10.5. The Morgan fingerprint density at radius 3 is 2.52 bits per heavy atom. The Labute approximate surface area is 144 Å². The summed E-state index contributed by atoms with van der Waals surface area (Å²) in [5.74, 6) is -1.22. The fourth-order valence-electron chi connectivity index (χ4n) is 3.52. The van der Waals surface area contributed by atoms with E-state index in [2.05, 4.69) is 10.6 Å². The standard InChI is InChI=1S/C17H20N2O6/c1-24-12-4-3-9(7-13(12)25-2)5-6-17(11-8-10(11)14(20)21)15(22)18-16(23)19-17/h3-4,7,10-11H,5-6,8H2,1-2H3,(H,20,21)(H2,18,19,22,23)/t10-,11-,17?/m0/s1. The quantitative estimate of drug-likeness (QED) is 0.632. The first-order valence-corrected chi connectivity index (χ1v) is 7.98. The Balaban J connectivity index is 1.80. The molecule has 8 nitrogen and oxygen atoms in total. The molecule has 1 unspecified atom stereocenters. The van der Waals surface area contributed by atoms with E-state index in [9.17, 15) is 19.5 Å². The summed E-state index contributed by atoms with van der Waals surface area (Å²) in [6.07, 6.45) is 1.18. The maximum Gasteiger partial charge on any atom is 0.322 e. The molecule has 2 aliphatic rings. The number of carbonyl (C=O) groups excluding carboxylic acids is 2. The van der Waals surface area contributed by atoms with Crippen molar-refractivity contribution in [2.45, 2.75) is 24.8 Å². The molecule has 1 aliphatic carbocycles. The minimum atomic E-state index is -1.17.